The Hall–Kier alpha value is -3.51. The van der Waals surface area contributed by atoms with Crippen molar-refractivity contribution < 1.29 is 23.8 Å². The molecule has 7 heteroatoms. The molecule has 3 aromatic rings. The Labute approximate surface area is 173 Å². The van der Waals surface area contributed by atoms with Crippen molar-refractivity contribution in [3.8, 4) is 17.2 Å². The molecule has 0 heterocycles. The third-order valence-corrected chi connectivity index (χ3v) is 4.08. The Bertz CT molecular complexity index is 1010. The van der Waals surface area contributed by atoms with Crippen molar-refractivity contribution in [2.45, 2.75) is 0 Å². The second kappa shape index (κ2) is 9.61. The van der Waals surface area contributed by atoms with E-state index in [1.54, 1.807) is 48.5 Å². The minimum Gasteiger partial charge on any atom is -0.496 e. The number of anilines is 1. The summed E-state index contributed by atoms with van der Waals surface area (Å²) in [6.07, 6.45) is 0. The van der Waals surface area contributed by atoms with Crippen molar-refractivity contribution in [2.24, 2.45) is 0 Å². The lowest BCUT2D eigenvalue weighted by atomic mass is 10.2. The summed E-state index contributed by atoms with van der Waals surface area (Å²) in [4.78, 5) is 24.5. The van der Waals surface area contributed by atoms with E-state index >= 15 is 0 Å². The molecule has 3 aromatic carbocycles. The number of carbonyl (C=O) groups excluding carboxylic acids is 2. The maximum atomic E-state index is 12.3. The number of methoxy groups -OCH3 is 1. The summed E-state index contributed by atoms with van der Waals surface area (Å²) in [7, 11) is 1.43. The number of para-hydroxylation sites is 3. The quantitative estimate of drug-likeness (QED) is 0.557. The van der Waals surface area contributed by atoms with E-state index in [1.807, 2.05) is 18.2 Å². The first-order valence-electron chi connectivity index (χ1n) is 8.69. The maximum Gasteiger partial charge on any atom is 0.342 e. The predicted molar refractivity (Wildman–Crippen MR) is 110 cm³/mol. The molecule has 148 valence electrons. The minimum atomic E-state index is -0.715. The lowest BCUT2D eigenvalue weighted by Gasteiger charge is -2.13. The molecule has 6 nitrogen and oxygen atoms in total. The second-order valence-electron chi connectivity index (χ2n) is 5.88. The standard InChI is InChI=1S/C22H18ClNO5/c1-27-19-12-11-15(23)13-17(19)22(26)28-14-21(25)24-18-9-5-6-10-20(18)29-16-7-3-2-4-8-16/h2-13H,14H2,1H3,(H,24,25). The summed E-state index contributed by atoms with van der Waals surface area (Å²) in [6.45, 7) is -0.478. The molecule has 0 aliphatic heterocycles. The van der Waals surface area contributed by atoms with Crippen LogP contribution in [0.15, 0.2) is 72.8 Å². The summed E-state index contributed by atoms with van der Waals surface area (Å²) >= 11 is 5.92. The van der Waals surface area contributed by atoms with Gasteiger partial charge < -0.3 is 19.5 Å². The first-order valence-corrected chi connectivity index (χ1v) is 9.07. The molecule has 0 radical (unpaired) electrons. The van der Waals surface area contributed by atoms with Crippen molar-refractivity contribution in [3.63, 3.8) is 0 Å². The summed E-state index contributed by atoms with van der Waals surface area (Å²) in [5, 5.41) is 3.03. The van der Waals surface area contributed by atoms with E-state index in [1.165, 1.54) is 13.2 Å². The van der Waals surface area contributed by atoms with Gasteiger partial charge in [-0.3, -0.25) is 4.79 Å². The zero-order valence-corrected chi connectivity index (χ0v) is 16.3. The molecule has 0 aromatic heterocycles. The van der Waals surface area contributed by atoms with E-state index in [0.717, 1.165) is 0 Å². The molecule has 0 bridgehead atoms. The number of hydrogen-bond donors (Lipinski definition) is 1. The number of nitrogens with one attached hydrogen (secondary N) is 1. The van der Waals surface area contributed by atoms with Crippen molar-refractivity contribution in [3.05, 3.63) is 83.4 Å². The van der Waals surface area contributed by atoms with E-state index in [0.29, 0.717) is 28.0 Å². The third kappa shape index (κ3) is 5.49. The first kappa shape index (κ1) is 20.2. The van der Waals surface area contributed by atoms with Gasteiger partial charge in [-0.2, -0.15) is 0 Å². The largest absolute Gasteiger partial charge is 0.496 e. The molecule has 0 spiro atoms. The number of halogens is 1. The second-order valence-corrected chi connectivity index (χ2v) is 6.32. The molecule has 0 fully saturated rings. The molecule has 1 amide bonds. The van der Waals surface area contributed by atoms with Crippen LogP contribution in [0, 0.1) is 0 Å². The summed E-state index contributed by atoms with van der Waals surface area (Å²) in [6, 6.07) is 20.7. The average molecular weight is 412 g/mol. The van der Waals surface area contributed by atoms with Gasteiger partial charge in [0.1, 0.15) is 17.1 Å². The summed E-state index contributed by atoms with van der Waals surface area (Å²) in [5.74, 6) is 0.182. The van der Waals surface area contributed by atoms with Gasteiger partial charge in [0.2, 0.25) is 0 Å². The number of ether oxygens (including phenoxy) is 3. The number of amides is 1. The Balaban J connectivity index is 1.63. The van der Waals surface area contributed by atoms with Crippen LogP contribution >= 0.6 is 11.6 Å². The molecule has 3 rings (SSSR count). The van der Waals surface area contributed by atoms with Crippen LogP contribution in [0.5, 0.6) is 17.2 Å². The van der Waals surface area contributed by atoms with Crippen LogP contribution in [0.4, 0.5) is 5.69 Å². The van der Waals surface area contributed by atoms with Crippen LogP contribution in [0.2, 0.25) is 5.02 Å². The van der Waals surface area contributed by atoms with Gasteiger partial charge in [0.15, 0.2) is 12.4 Å². The number of benzene rings is 3. The average Bonchev–Trinajstić information content (AvgIpc) is 2.74. The zero-order chi connectivity index (χ0) is 20.6. The zero-order valence-electron chi connectivity index (χ0n) is 15.6. The van der Waals surface area contributed by atoms with Gasteiger partial charge in [0, 0.05) is 5.02 Å². The summed E-state index contributed by atoms with van der Waals surface area (Å²) in [5.41, 5.74) is 0.596. The first-order chi connectivity index (χ1) is 14.1. The molecule has 1 N–H and O–H groups in total. The van der Waals surface area contributed by atoms with Crippen LogP contribution in [-0.4, -0.2) is 25.6 Å². The minimum absolute atomic E-state index is 0.139. The van der Waals surface area contributed by atoms with Crippen molar-refractivity contribution >= 4 is 29.2 Å². The highest BCUT2D eigenvalue weighted by Crippen LogP contribution is 2.29. The smallest absolute Gasteiger partial charge is 0.342 e. The maximum absolute atomic E-state index is 12.3. The van der Waals surface area contributed by atoms with Crippen LogP contribution in [-0.2, 0) is 9.53 Å². The van der Waals surface area contributed by atoms with Crippen molar-refractivity contribution in [2.75, 3.05) is 19.0 Å². The fourth-order valence-corrected chi connectivity index (χ4v) is 2.68. The van der Waals surface area contributed by atoms with Gasteiger partial charge in [-0.25, -0.2) is 4.79 Å². The fraction of sp³-hybridized carbons (Fsp3) is 0.0909. The molecule has 0 aliphatic carbocycles. The van der Waals surface area contributed by atoms with Gasteiger partial charge in [0.05, 0.1) is 12.8 Å². The monoisotopic (exact) mass is 411 g/mol. The highest BCUT2D eigenvalue weighted by Gasteiger charge is 2.17. The van der Waals surface area contributed by atoms with Crippen molar-refractivity contribution in [1.82, 2.24) is 0 Å². The molecule has 0 saturated carbocycles. The number of carbonyl (C=O) groups is 2. The number of esters is 1. The van der Waals surface area contributed by atoms with E-state index in [2.05, 4.69) is 5.32 Å². The third-order valence-electron chi connectivity index (χ3n) is 3.85. The van der Waals surface area contributed by atoms with Gasteiger partial charge in [0.25, 0.3) is 5.91 Å². The topological polar surface area (TPSA) is 73.9 Å². The molecule has 29 heavy (non-hydrogen) atoms. The van der Waals surface area contributed by atoms with E-state index < -0.39 is 18.5 Å². The predicted octanol–water partition coefficient (Wildman–Crippen LogP) is 4.94. The van der Waals surface area contributed by atoms with Gasteiger partial charge in [-0.15, -0.1) is 0 Å². The van der Waals surface area contributed by atoms with Crippen molar-refractivity contribution in [1.29, 1.82) is 0 Å². The molecule has 0 atom stereocenters. The Morgan fingerprint density at radius 3 is 2.41 bits per heavy atom. The van der Waals surface area contributed by atoms with Crippen LogP contribution in [0.25, 0.3) is 0 Å². The van der Waals surface area contributed by atoms with Gasteiger partial charge in [-0.05, 0) is 42.5 Å². The van der Waals surface area contributed by atoms with Crippen LogP contribution in [0.1, 0.15) is 10.4 Å². The number of hydrogen-bond acceptors (Lipinski definition) is 5. The number of rotatable bonds is 7. The summed E-state index contributed by atoms with van der Waals surface area (Å²) < 4.78 is 16.0. The van der Waals surface area contributed by atoms with E-state index in [9.17, 15) is 9.59 Å². The molecular weight excluding hydrogens is 394 g/mol. The molecule has 0 unspecified atom stereocenters. The molecule has 0 aliphatic rings. The van der Waals surface area contributed by atoms with Crippen LogP contribution < -0.4 is 14.8 Å². The highest BCUT2D eigenvalue weighted by atomic mass is 35.5. The van der Waals surface area contributed by atoms with Gasteiger partial charge >= 0.3 is 5.97 Å². The van der Waals surface area contributed by atoms with Crippen LogP contribution in [0.3, 0.4) is 0 Å². The lowest BCUT2D eigenvalue weighted by molar-refractivity contribution is -0.119. The highest BCUT2D eigenvalue weighted by molar-refractivity contribution is 6.31. The molecule has 0 saturated heterocycles. The van der Waals surface area contributed by atoms with E-state index in [-0.39, 0.29) is 5.56 Å². The fourth-order valence-electron chi connectivity index (χ4n) is 2.51. The van der Waals surface area contributed by atoms with Gasteiger partial charge in [-0.1, -0.05) is 41.9 Å². The Morgan fingerprint density at radius 1 is 0.931 bits per heavy atom. The molecular formula is C22H18ClNO5. The lowest BCUT2D eigenvalue weighted by Crippen LogP contribution is -2.21. The SMILES string of the molecule is COc1ccc(Cl)cc1C(=O)OCC(=O)Nc1ccccc1Oc1ccccc1. The normalized spacial score (nSPS) is 10.1. The van der Waals surface area contributed by atoms with E-state index in [4.69, 9.17) is 25.8 Å². The Morgan fingerprint density at radius 2 is 1.66 bits per heavy atom. The Kier molecular flexibility index (Phi) is 6.71.